The van der Waals surface area contributed by atoms with Crippen LogP contribution in [0.2, 0.25) is 0 Å². The highest BCUT2D eigenvalue weighted by molar-refractivity contribution is 7.93. The summed E-state index contributed by atoms with van der Waals surface area (Å²) < 4.78 is 82.0. The van der Waals surface area contributed by atoms with Crippen LogP contribution >= 0.6 is 11.3 Å². The Morgan fingerprint density at radius 3 is 2.30 bits per heavy atom. The summed E-state index contributed by atoms with van der Waals surface area (Å²) in [4.78, 5) is 0.719. The Hall–Kier alpha value is -2.73. The largest absolute Gasteiger partial charge is 0.493 e. The van der Waals surface area contributed by atoms with Crippen molar-refractivity contribution in [2.45, 2.75) is 24.9 Å². The van der Waals surface area contributed by atoms with E-state index in [9.17, 15) is 21.6 Å². The Balaban J connectivity index is 2.06. The highest BCUT2D eigenvalue weighted by Crippen LogP contribution is 2.41. The van der Waals surface area contributed by atoms with Crippen LogP contribution in [-0.4, -0.2) is 27.8 Å². The van der Waals surface area contributed by atoms with E-state index in [-0.39, 0.29) is 21.8 Å². The van der Waals surface area contributed by atoms with Gasteiger partial charge in [-0.3, -0.25) is 4.72 Å². The first-order valence-electron chi connectivity index (χ1n) is 8.37. The second kappa shape index (κ2) is 7.84. The highest BCUT2D eigenvalue weighted by atomic mass is 32.2. The van der Waals surface area contributed by atoms with E-state index in [0.29, 0.717) is 27.3 Å². The van der Waals surface area contributed by atoms with Gasteiger partial charge in [0.15, 0.2) is 11.5 Å². The van der Waals surface area contributed by atoms with Crippen molar-refractivity contribution in [2.75, 3.05) is 18.9 Å². The lowest BCUT2D eigenvalue weighted by Gasteiger charge is -2.12. The summed E-state index contributed by atoms with van der Waals surface area (Å²) in [6, 6.07) is 5.12. The van der Waals surface area contributed by atoms with Crippen molar-refractivity contribution >= 4 is 27.0 Å². The predicted molar refractivity (Wildman–Crippen MR) is 105 cm³/mol. The summed E-state index contributed by atoms with van der Waals surface area (Å²) in [6.45, 7) is 3.17. The fourth-order valence-electron chi connectivity index (χ4n) is 2.92. The van der Waals surface area contributed by atoms with Gasteiger partial charge in [-0.25, -0.2) is 8.42 Å². The smallest absolute Gasteiger partial charge is 0.452 e. The molecule has 3 aromatic rings. The molecule has 162 valence electrons. The maximum absolute atomic E-state index is 13.1. The van der Waals surface area contributed by atoms with Crippen LogP contribution in [-0.2, 0) is 16.2 Å². The second-order valence-electron chi connectivity index (χ2n) is 6.17. The Bertz CT molecular complexity index is 1180. The first-order valence-corrected chi connectivity index (χ1v) is 10.7. The lowest BCUT2D eigenvalue weighted by atomic mass is 10.1. The van der Waals surface area contributed by atoms with Crippen molar-refractivity contribution in [2.24, 2.45) is 0 Å². The minimum Gasteiger partial charge on any atom is -0.493 e. The molecule has 0 aliphatic heterocycles. The fourth-order valence-corrected chi connectivity index (χ4v) is 5.84. The lowest BCUT2D eigenvalue weighted by molar-refractivity contribution is -0.155. The summed E-state index contributed by atoms with van der Waals surface area (Å²) in [5.41, 5.74) is 0.0413. The van der Waals surface area contributed by atoms with E-state index >= 15 is 0 Å². The number of rotatable bonds is 6. The molecule has 2 heterocycles. The molecule has 0 saturated carbocycles. The number of aromatic nitrogens is 1. The Labute approximate surface area is 174 Å². The van der Waals surface area contributed by atoms with Gasteiger partial charge < -0.3 is 14.0 Å². The number of methoxy groups -OCH3 is 2. The van der Waals surface area contributed by atoms with Gasteiger partial charge in [0, 0.05) is 27.5 Å². The van der Waals surface area contributed by atoms with Crippen molar-refractivity contribution in [3.63, 3.8) is 0 Å². The van der Waals surface area contributed by atoms with E-state index in [1.165, 1.54) is 32.4 Å². The first kappa shape index (κ1) is 22.0. The molecule has 1 N–H and O–H groups in total. The number of thiophene rings is 1. The third-order valence-corrected chi connectivity index (χ3v) is 6.86. The second-order valence-corrected chi connectivity index (χ2v) is 9.22. The number of alkyl halides is 3. The Kier molecular flexibility index (Phi) is 5.74. The van der Waals surface area contributed by atoms with E-state index in [4.69, 9.17) is 9.47 Å². The molecule has 7 nitrogen and oxygen atoms in total. The number of nitrogens with one attached hydrogen (secondary N) is 1. The molecule has 0 spiro atoms. The molecule has 0 bridgehead atoms. The number of sulfonamides is 1. The summed E-state index contributed by atoms with van der Waals surface area (Å²) >= 11 is 1.13. The van der Waals surface area contributed by atoms with Crippen molar-refractivity contribution in [1.29, 1.82) is 0 Å². The third kappa shape index (κ3) is 4.10. The van der Waals surface area contributed by atoms with E-state index in [2.05, 4.69) is 14.4 Å². The van der Waals surface area contributed by atoms with Gasteiger partial charge in [0.25, 0.3) is 10.0 Å². The topological polar surface area (TPSA) is 90.7 Å². The van der Waals surface area contributed by atoms with E-state index in [1.807, 2.05) is 0 Å². The number of benzene rings is 1. The average Bonchev–Trinajstić information content (AvgIpc) is 3.25. The average molecular weight is 462 g/mol. The molecule has 0 saturated heterocycles. The lowest BCUT2D eigenvalue weighted by Crippen LogP contribution is -2.14. The first-order chi connectivity index (χ1) is 14.0. The van der Waals surface area contributed by atoms with Gasteiger partial charge in [-0.1, -0.05) is 5.16 Å². The molecule has 3 rings (SSSR count). The molecular weight excluding hydrogens is 445 g/mol. The number of nitrogens with zero attached hydrogens (tertiary/aromatic N) is 1. The van der Waals surface area contributed by atoms with Crippen molar-refractivity contribution in [3.05, 3.63) is 39.8 Å². The quantitative estimate of drug-likeness (QED) is 0.563. The van der Waals surface area contributed by atoms with Gasteiger partial charge in [0.2, 0.25) is 5.76 Å². The van der Waals surface area contributed by atoms with Gasteiger partial charge in [-0.2, -0.15) is 13.2 Å². The minimum atomic E-state index is -4.73. The zero-order valence-corrected chi connectivity index (χ0v) is 17.9. The Morgan fingerprint density at radius 2 is 1.73 bits per heavy atom. The molecule has 0 amide bonds. The molecule has 0 aliphatic rings. The molecule has 0 fully saturated rings. The predicted octanol–water partition coefficient (Wildman–Crippen LogP) is 4.86. The number of ether oxygens (including phenoxy) is 2. The van der Waals surface area contributed by atoms with Crippen LogP contribution in [0.4, 0.5) is 18.9 Å². The van der Waals surface area contributed by atoms with Crippen molar-refractivity contribution in [1.82, 2.24) is 5.16 Å². The van der Waals surface area contributed by atoms with Crippen molar-refractivity contribution in [3.8, 4) is 22.8 Å². The monoisotopic (exact) mass is 462 g/mol. The molecule has 0 radical (unpaired) electrons. The van der Waals surface area contributed by atoms with Gasteiger partial charge in [0.1, 0.15) is 10.6 Å². The standard InChI is InChI=1S/C18H17F3N2O5S2/c1-9-16(12-8-15(28-22-12)18(19,20)21)17(10(2)29-9)30(24,25)23-11-5-6-13(26-3)14(7-11)27-4/h5-8,23H,1-4H3. The molecule has 0 atom stereocenters. The SMILES string of the molecule is COc1ccc(NS(=O)(=O)c2c(C)sc(C)c2-c2cc(C(F)(F)F)on2)cc1OC. The van der Waals surface area contributed by atoms with E-state index in [1.54, 1.807) is 13.8 Å². The summed E-state index contributed by atoms with van der Waals surface area (Å²) in [5.74, 6) is -0.592. The van der Waals surface area contributed by atoms with Gasteiger partial charge in [-0.05, 0) is 26.0 Å². The van der Waals surface area contributed by atoms with Crippen LogP contribution < -0.4 is 14.2 Å². The normalized spacial score (nSPS) is 12.1. The zero-order chi connectivity index (χ0) is 22.3. The van der Waals surface area contributed by atoms with Crippen LogP contribution in [0.3, 0.4) is 0 Å². The van der Waals surface area contributed by atoms with Gasteiger partial charge in [0.05, 0.1) is 19.9 Å². The molecule has 30 heavy (non-hydrogen) atoms. The maximum atomic E-state index is 13.1. The van der Waals surface area contributed by atoms with E-state index in [0.717, 1.165) is 11.3 Å². The Morgan fingerprint density at radius 1 is 1.07 bits per heavy atom. The molecule has 0 aliphatic carbocycles. The van der Waals surface area contributed by atoms with Crippen LogP contribution in [0.25, 0.3) is 11.3 Å². The van der Waals surface area contributed by atoms with Crippen LogP contribution in [0.15, 0.2) is 33.7 Å². The number of aryl methyl sites for hydroxylation is 2. The summed E-state index contributed by atoms with van der Waals surface area (Å²) in [7, 11) is -1.32. The molecule has 2 aromatic heterocycles. The number of halogens is 3. The van der Waals surface area contributed by atoms with E-state index < -0.39 is 22.0 Å². The van der Waals surface area contributed by atoms with Gasteiger partial charge >= 0.3 is 6.18 Å². The number of hydrogen-bond donors (Lipinski definition) is 1. The maximum Gasteiger partial charge on any atom is 0.452 e. The highest BCUT2D eigenvalue weighted by Gasteiger charge is 2.37. The minimum absolute atomic E-state index is 0.0599. The third-order valence-electron chi connectivity index (χ3n) is 4.16. The summed E-state index contributed by atoms with van der Waals surface area (Å²) in [6.07, 6.45) is -4.73. The molecular formula is C18H17F3N2O5S2. The number of anilines is 1. The van der Waals surface area contributed by atoms with Crippen LogP contribution in [0, 0.1) is 13.8 Å². The zero-order valence-electron chi connectivity index (χ0n) is 16.2. The van der Waals surface area contributed by atoms with Crippen LogP contribution in [0.5, 0.6) is 11.5 Å². The summed E-state index contributed by atoms with van der Waals surface area (Å²) in [5, 5.41) is 3.44. The molecule has 1 aromatic carbocycles. The number of hydrogen-bond acceptors (Lipinski definition) is 7. The van der Waals surface area contributed by atoms with Gasteiger partial charge in [-0.15, -0.1) is 11.3 Å². The molecule has 0 unspecified atom stereocenters. The van der Waals surface area contributed by atoms with Crippen molar-refractivity contribution < 1.29 is 35.6 Å². The van der Waals surface area contributed by atoms with Crippen LogP contribution in [0.1, 0.15) is 15.5 Å². The fraction of sp³-hybridized carbons (Fsp3) is 0.278. The molecule has 12 heteroatoms.